The molecular formula is C15H16N2. The van der Waals surface area contributed by atoms with Crippen molar-refractivity contribution in [3.63, 3.8) is 0 Å². The summed E-state index contributed by atoms with van der Waals surface area (Å²) in [6.45, 7) is 5.54. The number of nitrogens with zero attached hydrogens (tertiary/aromatic N) is 2. The highest BCUT2D eigenvalue weighted by Crippen LogP contribution is 2.33. The fraction of sp³-hybridized carbons (Fsp3) is 0.400. The third-order valence-corrected chi connectivity index (χ3v) is 3.98. The minimum Gasteiger partial charge on any atom is -0.344 e. The van der Waals surface area contributed by atoms with Crippen molar-refractivity contribution in [2.24, 2.45) is 0 Å². The van der Waals surface area contributed by atoms with Crippen molar-refractivity contribution in [2.75, 3.05) is 0 Å². The molecule has 3 rings (SSSR count). The molecule has 0 radical (unpaired) electrons. The average molecular weight is 224 g/mol. The summed E-state index contributed by atoms with van der Waals surface area (Å²) in [6, 6.07) is 6.68. The summed E-state index contributed by atoms with van der Waals surface area (Å²) in [5, 5.41) is 10.2. The van der Waals surface area contributed by atoms with E-state index >= 15 is 0 Å². The second-order valence-corrected chi connectivity index (χ2v) is 4.95. The first kappa shape index (κ1) is 10.4. The van der Waals surface area contributed by atoms with Crippen LogP contribution in [-0.2, 0) is 19.4 Å². The Kier molecular flexibility index (Phi) is 2.22. The highest BCUT2D eigenvalue weighted by Gasteiger charge is 2.18. The van der Waals surface area contributed by atoms with Gasteiger partial charge in [0.1, 0.15) is 0 Å². The van der Waals surface area contributed by atoms with E-state index in [1.807, 2.05) is 0 Å². The summed E-state index contributed by atoms with van der Waals surface area (Å²) in [4.78, 5) is 0. The molecule has 86 valence electrons. The van der Waals surface area contributed by atoms with Gasteiger partial charge in [0.05, 0.1) is 18.0 Å². The zero-order valence-electron chi connectivity index (χ0n) is 10.4. The third-order valence-electron chi connectivity index (χ3n) is 3.98. The molecule has 2 heteroatoms. The Bertz CT molecular complexity index is 641. The lowest BCUT2D eigenvalue weighted by Gasteiger charge is -2.17. The third kappa shape index (κ3) is 1.39. The highest BCUT2D eigenvalue weighted by molar-refractivity contribution is 5.89. The molecule has 0 aliphatic carbocycles. The van der Waals surface area contributed by atoms with Crippen LogP contribution in [0.3, 0.4) is 0 Å². The predicted octanol–water partition coefficient (Wildman–Crippen LogP) is 3.27. The van der Waals surface area contributed by atoms with Gasteiger partial charge < -0.3 is 4.57 Å². The fourth-order valence-electron chi connectivity index (χ4n) is 3.02. The standard InChI is InChI=1S/C15H16N2/c1-10-11(2)17-7-3-4-13-8-12(5-6-16)9-14(10)15(13)17/h8-9H,3-5,7H2,1-2H3. The Morgan fingerprint density at radius 1 is 1.35 bits per heavy atom. The van der Waals surface area contributed by atoms with E-state index in [1.54, 1.807) is 0 Å². The Morgan fingerprint density at radius 2 is 2.18 bits per heavy atom. The van der Waals surface area contributed by atoms with Crippen LogP contribution >= 0.6 is 0 Å². The van der Waals surface area contributed by atoms with Crippen LogP contribution in [0.4, 0.5) is 0 Å². The lowest BCUT2D eigenvalue weighted by atomic mass is 9.98. The molecule has 2 nitrogen and oxygen atoms in total. The molecule has 0 fully saturated rings. The van der Waals surface area contributed by atoms with Crippen molar-refractivity contribution in [3.05, 3.63) is 34.5 Å². The topological polar surface area (TPSA) is 28.7 Å². The maximum atomic E-state index is 8.84. The molecule has 1 aromatic carbocycles. The first-order valence-electron chi connectivity index (χ1n) is 6.20. The quantitative estimate of drug-likeness (QED) is 0.730. The van der Waals surface area contributed by atoms with Crippen LogP contribution in [-0.4, -0.2) is 4.57 Å². The van der Waals surface area contributed by atoms with Crippen LogP contribution in [0, 0.1) is 25.2 Å². The van der Waals surface area contributed by atoms with E-state index in [2.05, 4.69) is 36.6 Å². The van der Waals surface area contributed by atoms with E-state index in [9.17, 15) is 0 Å². The van der Waals surface area contributed by atoms with Crippen molar-refractivity contribution in [3.8, 4) is 6.07 Å². The summed E-state index contributed by atoms with van der Waals surface area (Å²) in [5.41, 5.74) is 6.76. The molecule has 1 aromatic heterocycles. The van der Waals surface area contributed by atoms with Gasteiger partial charge in [0.2, 0.25) is 0 Å². The molecule has 0 saturated carbocycles. The summed E-state index contributed by atoms with van der Waals surface area (Å²) >= 11 is 0. The van der Waals surface area contributed by atoms with E-state index in [0.717, 1.165) is 18.5 Å². The SMILES string of the molecule is Cc1c(C)n2c3c(cc(CC#N)cc13)CCC2. The average Bonchev–Trinajstić information content (AvgIpc) is 2.57. The summed E-state index contributed by atoms with van der Waals surface area (Å²) in [5.74, 6) is 0. The molecule has 0 saturated heterocycles. The van der Waals surface area contributed by atoms with Crippen LogP contribution in [0.1, 0.15) is 28.8 Å². The van der Waals surface area contributed by atoms with E-state index < -0.39 is 0 Å². The van der Waals surface area contributed by atoms with Gasteiger partial charge in [0.25, 0.3) is 0 Å². The molecule has 0 amide bonds. The Hall–Kier alpha value is -1.75. The summed E-state index contributed by atoms with van der Waals surface area (Å²) in [6.07, 6.45) is 2.89. The number of benzene rings is 1. The number of hydrogen-bond acceptors (Lipinski definition) is 1. The van der Waals surface area contributed by atoms with Gasteiger partial charge in [-0.2, -0.15) is 5.26 Å². The maximum Gasteiger partial charge on any atom is 0.0669 e. The second kappa shape index (κ2) is 3.63. The summed E-state index contributed by atoms with van der Waals surface area (Å²) < 4.78 is 2.44. The van der Waals surface area contributed by atoms with Gasteiger partial charge in [-0.15, -0.1) is 0 Å². The van der Waals surface area contributed by atoms with E-state index in [-0.39, 0.29) is 0 Å². The van der Waals surface area contributed by atoms with Gasteiger partial charge in [-0.25, -0.2) is 0 Å². The lowest BCUT2D eigenvalue weighted by molar-refractivity contribution is 0.622. The van der Waals surface area contributed by atoms with Gasteiger partial charge in [0.15, 0.2) is 0 Å². The van der Waals surface area contributed by atoms with Gasteiger partial charge in [-0.05, 0) is 49.4 Å². The summed E-state index contributed by atoms with van der Waals surface area (Å²) in [7, 11) is 0. The number of nitriles is 1. The van der Waals surface area contributed by atoms with Crippen molar-refractivity contribution in [1.29, 1.82) is 5.26 Å². The maximum absolute atomic E-state index is 8.84. The van der Waals surface area contributed by atoms with Gasteiger partial charge in [-0.1, -0.05) is 6.07 Å². The lowest BCUT2D eigenvalue weighted by Crippen LogP contribution is -2.09. The van der Waals surface area contributed by atoms with Crippen molar-refractivity contribution in [1.82, 2.24) is 4.57 Å². The Morgan fingerprint density at radius 3 is 2.94 bits per heavy atom. The normalized spacial score (nSPS) is 13.9. The van der Waals surface area contributed by atoms with E-state index in [1.165, 1.54) is 34.1 Å². The van der Waals surface area contributed by atoms with Crippen LogP contribution in [0.15, 0.2) is 12.1 Å². The van der Waals surface area contributed by atoms with Crippen molar-refractivity contribution < 1.29 is 0 Å². The molecule has 0 bridgehead atoms. The van der Waals surface area contributed by atoms with E-state index in [4.69, 9.17) is 5.26 Å². The molecule has 17 heavy (non-hydrogen) atoms. The zero-order valence-corrected chi connectivity index (χ0v) is 10.4. The van der Waals surface area contributed by atoms with Crippen molar-refractivity contribution >= 4 is 10.9 Å². The molecule has 1 aliphatic heterocycles. The van der Waals surface area contributed by atoms with Crippen LogP contribution in [0.5, 0.6) is 0 Å². The number of rotatable bonds is 1. The monoisotopic (exact) mass is 224 g/mol. The Labute approximate surface area is 101 Å². The smallest absolute Gasteiger partial charge is 0.0669 e. The highest BCUT2D eigenvalue weighted by atomic mass is 15.0. The minimum absolute atomic E-state index is 0.520. The van der Waals surface area contributed by atoms with Gasteiger partial charge in [0, 0.05) is 17.6 Å². The molecule has 0 N–H and O–H groups in total. The van der Waals surface area contributed by atoms with Gasteiger partial charge in [-0.3, -0.25) is 0 Å². The molecule has 0 spiro atoms. The van der Waals surface area contributed by atoms with Crippen LogP contribution in [0.25, 0.3) is 10.9 Å². The number of aromatic nitrogens is 1. The van der Waals surface area contributed by atoms with Crippen LogP contribution in [0.2, 0.25) is 0 Å². The molecule has 0 atom stereocenters. The minimum atomic E-state index is 0.520. The van der Waals surface area contributed by atoms with Crippen molar-refractivity contribution in [2.45, 2.75) is 39.7 Å². The van der Waals surface area contributed by atoms with E-state index in [0.29, 0.717) is 6.42 Å². The Balaban J connectivity index is 2.38. The molecule has 1 aliphatic rings. The molecular weight excluding hydrogens is 208 g/mol. The first-order chi connectivity index (χ1) is 8.22. The second-order valence-electron chi connectivity index (χ2n) is 4.95. The van der Waals surface area contributed by atoms with Crippen LogP contribution < -0.4 is 0 Å². The zero-order chi connectivity index (χ0) is 12.0. The predicted molar refractivity (Wildman–Crippen MR) is 69.1 cm³/mol. The largest absolute Gasteiger partial charge is 0.344 e. The molecule has 0 unspecified atom stereocenters. The number of aryl methyl sites for hydroxylation is 3. The fourth-order valence-corrected chi connectivity index (χ4v) is 3.02. The number of hydrogen-bond donors (Lipinski definition) is 0. The van der Waals surface area contributed by atoms with Gasteiger partial charge >= 0.3 is 0 Å². The molecule has 2 heterocycles. The first-order valence-corrected chi connectivity index (χ1v) is 6.20. The molecule has 2 aromatic rings.